The van der Waals surface area contributed by atoms with E-state index in [4.69, 9.17) is 69.3 Å². The van der Waals surface area contributed by atoms with Crippen LogP contribution in [0.5, 0.6) is 0 Å². The first-order chi connectivity index (χ1) is 24.1. The second kappa shape index (κ2) is 23.6. The van der Waals surface area contributed by atoms with Crippen LogP contribution < -0.4 is 43.1 Å². The number of carboxylic acid groups (broad SMARTS) is 2. The number of aliphatic carboxylic acids is 2. The highest BCUT2D eigenvalue weighted by Crippen LogP contribution is 2.34. The van der Waals surface area contributed by atoms with Crippen molar-refractivity contribution in [2.24, 2.45) is 0 Å². The van der Waals surface area contributed by atoms with E-state index in [2.05, 4.69) is 42.0 Å². The second-order valence-electron chi connectivity index (χ2n) is 10.1. The molecule has 4 aromatic rings. The lowest BCUT2D eigenvalue weighted by molar-refractivity contribution is -0.347. The Morgan fingerprint density at radius 2 is 1.10 bits per heavy atom. The van der Waals surface area contributed by atoms with Gasteiger partial charge < -0.3 is 47.5 Å². The number of carbonyl (C=O) groups is 3. The number of anilines is 4. The van der Waals surface area contributed by atoms with Gasteiger partial charge in [0.1, 0.15) is 0 Å². The number of nitrogens with one attached hydrogen (secondary N) is 2. The highest BCUT2D eigenvalue weighted by atomic mass is 35.5. The van der Waals surface area contributed by atoms with Crippen LogP contribution in [0, 0.1) is 0 Å². The molecule has 0 radical (unpaired) electrons. The number of hydrogen-bond donors (Lipinski definition) is 4. The van der Waals surface area contributed by atoms with Crippen LogP contribution in [0.1, 0.15) is 58.8 Å². The summed E-state index contributed by atoms with van der Waals surface area (Å²) in [6.45, 7) is 4.06. The van der Waals surface area contributed by atoms with Crippen LogP contribution in [-0.4, -0.2) is 44.9 Å². The number of nitrogens with two attached hydrogens (primary N) is 4. The van der Waals surface area contributed by atoms with E-state index in [1.807, 2.05) is 0 Å². The molecule has 16 nitrogen and oxygen atoms in total. The van der Waals surface area contributed by atoms with Crippen molar-refractivity contribution in [3.05, 3.63) is 56.5 Å². The summed E-state index contributed by atoms with van der Waals surface area (Å²) in [5, 5.41) is 36.4. The van der Waals surface area contributed by atoms with Gasteiger partial charge >= 0.3 is 17.9 Å². The maximum absolute atomic E-state index is 10.1. The molecule has 10 N–H and O–H groups in total. The Morgan fingerprint density at radius 1 is 0.686 bits per heavy atom. The van der Waals surface area contributed by atoms with Crippen molar-refractivity contribution in [3.8, 4) is 22.5 Å². The number of H-pyrrole nitrogens is 2. The third-order valence-electron chi connectivity index (χ3n) is 6.03. The van der Waals surface area contributed by atoms with Gasteiger partial charge in [-0.3, -0.25) is 4.79 Å². The van der Waals surface area contributed by atoms with E-state index < -0.39 is 11.9 Å². The fraction of sp³-hybridized carbons (Fsp3) is 0.323. The quantitative estimate of drug-likeness (QED) is 0.126. The Hall–Kier alpha value is -4.77. The smallest absolute Gasteiger partial charge is 0.364 e. The number of ether oxygens (including phenoxy) is 1. The van der Waals surface area contributed by atoms with E-state index >= 15 is 0 Å². The normalized spacial score (nSPS) is 9.92. The number of esters is 1. The Kier molecular flexibility index (Phi) is 20.5. The molecule has 0 aliphatic heterocycles. The van der Waals surface area contributed by atoms with E-state index in [-0.39, 0.29) is 42.3 Å². The highest BCUT2D eigenvalue weighted by Gasteiger charge is 2.16. The number of rotatable bonds is 11. The van der Waals surface area contributed by atoms with Gasteiger partial charge in [0.25, 0.3) is 0 Å². The number of hydrogen-bond acceptors (Lipinski definition) is 14. The van der Waals surface area contributed by atoms with Crippen molar-refractivity contribution in [1.82, 2.24) is 20.4 Å². The number of halogens is 4. The number of nitrogens with zero attached hydrogens (tertiary/aromatic N) is 4. The van der Waals surface area contributed by atoms with Gasteiger partial charge in [-0.1, -0.05) is 101 Å². The summed E-state index contributed by atoms with van der Waals surface area (Å²) in [5.74, 6) is -1.50. The van der Waals surface area contributed by atoms with Crippen LogP contribution in [0.2, 0.25) is 20.1 Å². The molecule has 0 unspecified atom stereocenters. The van der Waals surface area contributed by atoms with Crippen molar-refractivity contribution in [3.63, 3.8) is 0 Å². The summed E-state index contributed by atoms with van der Waals surface area (Å²) in [6.07, 6.45) is 3.63. The highest BCUT2D eigenvalue weighted by molar-refractivity contribution is 6.44. The first kappa shape index (κ1) is 44.3. The number of carbonyl (C=O) groups excluding carboxylic acids is 3. The molecular weight excluding hydrogens is 750 g/mol. The fourth-order valence-corrected chi connectivity index (χ4v) is 4.39. The lowest BCUT2D eigenvalue weighted by Gasteiger charge is -2.04. The first-order valence-corrected chi connectivity index (χ1v) is 16.6. The van der Waals surface area contributed by atoms with E-state index in [0.717, 1.165) is 12.8 Å². The monoisotopic (exact) mass is 786 g/mol. The maximum Gasteiger partial charge on any atom is 0.364 e. The zero-order valence-electron chi connectivity index (χ0n) is 27.7. The third-order valence-corrected chi connectivity index (χ3v) is 7.67. The summed E-state index contributed by atoms with van der Waals surface area (Å²) in [5.41, 5.74) is 24.3. The molecule has 0 aliphatic rings. The lowest BCUT2D eigenvalue weighted by Crippen LogP contribution is -2.22. The van der Waals surface area contributed by atoms with Gasteiger partial charge in [0.15, 0.2) is 11.4 Å². The first-order valence-electron chi connectivity index (χ1n) is 15.1. The van der Waals surface area contributed by atoms with Gasteiger partial charge in [-0.25, -0.2) is 9.97 Å². The molecule has 0 spiro atoms. The molecule has 2 heterocycles. The summed E-state index contributed by atoms with van der Waals surface area (Å²) in [4.78, 5) is 35.1. The third kappa shape index (κ3) is 17.1. The second-order valence-corrected chi connectivity index (χ2v) is 11.7. The van der Waals surface area contributed by atoms with E-state index in [1.54, 1.807) is 36.4 Å². The minimum Gasteiger partial charge on any atom is -0.550 e. The predicted octanol–water partition coefficient (Wildman–Crippen LogP) is 2.64. The van der Waals surface area contributed by atoms with Gasteiger partial charge in [-0.05, 0) is 44.2 Å². The SMILES string of the molecule is CCCCOC(C)=O.Nc1nnc(-c2cccc(Cl)c2Cl)c(N)[nH+]1.Nc1nnc(-c2cccc(Cl)c2Cl)c(N)[nH+]1.O=C([O-])CCCCCC(=O)[O-]. The van der Waals surface area contributed by atoms with Crippen LogP contribution in [-0.2, 0) is 19.1 Å². The number of aromatic nitrogens is 6. The molecule has 2 aromatic carbocycles. The Morgan fingerprint density at radius 3 is 1.43 bits per heavy atom. The van der Waals surface area contributed by atoms with Gasteiger partial charge in [0, 0.05) is 40.2 Å². The molecular formula is C31H38Cl4N10O6. The van der Waals surface area contributed by atoms with Gasteiger partial charge in [-0.2, -0.15) is 0 Å². The van der Waals surface area contributed by atoms with Crippen molar-refractivity contribution in [1.29, 1.82) is 0 Å². The number of benzene rings is 2. The van der Waals surface area contributed by atoms with Gasteiger partial charge in [0.05, 0.1) is 26.7 Å². The Bertz CT molecular complexity index is 1640. The standard InChI is InChI=1S/2C9H7Cl2N5.C7H12O4.C6H12O2/c2*10-5-3-1-2-4(6(5)11)7-8(12)14-9(13)16-15-7;8-6(9)4-2-1-3-5-7(10)11;1-3-4-5-8-6(2)7/h2*1-3H,(H4,12,13,14,16);1-5H2,(H,8,9)(H,10,11);3-5H2,1-2H3. The average Bonchev–Trinajstić information content (AvgIpc) is 3.05. The average molecular weight is 789 g/mol. The minimum atomic E-state index is -1.08. The van der Waals surface area contributed by atoms with Crippen LogP contribution in [0.15, 0.2) is 36.4 Å². The summed E-state index contributed by atoms with van der Waals surface area (Å²) >= 11 is 23.9. The number of unbranched alkanes of at least 4 members (excludes halogenated alkanes) is 3. The number of carboxylic acids is 2. The van der Waals surface area contributed by atoms with Crippen molar-refractivity contribution in [2.45, 2.75) is 58.8 Å². The molecule has 4 rings (SSSR count). The zero-order valence-corrected chi connectivity index (χ0v) is 30.7. The van der Waals surface area contributed by atoms with Crippen LogP contribution in [0.4, 0.5) is 23.5 Å². The topological polar surface area (TPSA) is 290 Å². The Balaban J connectivity index is 0.000000353. The van der Waals surface area contributed by atoms with Gasteiger partial charge in [0.2, 0.25) is 11.6 Å². The van der Waals surface area contributed by atoms with Crippen molar-refractivity contribution < 1.29 is 39.3 Å². The summed E-state index contributed by atoms with van der Waals surface area (Å²) in [7, 11) is 0. The van der Waals surface area contributed by atoms with Crippen molar-refractivity contribution >= 4 is 87.8 Å². The van der Waals surface area contributed by atoms with Crippen LogP contribution in [0.25, 0.3) is 22.5 Å². The summed E-state index contributed by atoms with van der Waals surface area (Å²) in [6, 6.07) is 10.4. The van der Waals surface area contributed by atoms with Crippen LogP contribution in [0.3, 0.4) is 0 Å². The largest absolute Gasteiger partial charge is 0.550 e. The lowest BCUT2D eigenvalue weighted by atomic mass is 10.1. The van der Waals surface area contributed by atoms with E-state index in [9.17, 15) is 24.6 Å². The molecule has 0 aliphatic carbocycles. The van der Waals surface area contributed by atoms with Crippen LogP contribution >= 0.6 is 46.4 Å². The molecule has 0 bridgehead atoms. The maximum atomic E-state index is 10.1. The molecule has 0 fully saturated rings. The van der Waals surface area contributed by atoms with Gasteiger partial charge in [-0.15, -0.1) is 0 Å². The molecule has 0 amide bonds. The fourth-order valence-electron chi connectivity index (χ4n) is 3.61. The molecule has 0 atom stereocenters. The molecule has 20 heteroatoms. The number of aromatic amines is 2. The zero-order chi connectivity index (χ0) is 38.5. The minimum absolute atomic E-state index is 0.00699. The van der Waals surface area contributed by atoms with E-state index in [1.165, 1.54) is 6.92 Å². The molecule has 51 heavy (non-hydrogen) atoms. The van der Waals surface area contributed by atoms with E-state index in [0.29, 0.717) is 68.5 Å². The Labute approximate surface area is 313 Å². The number of nitrogen functional groups attached to an aromatic ring is 4. The van der Waals surface area contributed by atoms with Crippen molar-refractivity contribution in [2.75, 3.05) is 29.5 Å². The molecule has 0 saturated heterocycles. The summed E-state index contributed by atoms with van der Waals surface area (Å²) < 4.78 is 4.64. The molecule has 0 saturated carbocycles. The molecule has 276 valence electrons. The predicted molar refractivity (Wildman–Crippen MR) is 190 cm³/mol. The molecule has 2 aromatic heterocycles.